The molecule has 3 nitrogen and oxygen atoms in total. The van der Waals surface area contributed by atoms with Crippen molar-refractivity contribution in [3.05, 3.63) is 71.8 Å². The first-order valence-electron chi connectivity index (χ1n) is 9.33. The van der Waals surface area contributed by atoms with E-state index in [1.807, 2.05) is 32.9 Å². The molecule has 0 saturated carbocycles. The highest BCUT2D eigenvalue weighted by molar-refractivity contribution is 5.70. The molecule has 0 fully saturated rings. The number of hydrogen-bond acceptors (Lipinski definition) is 3. The summed E-state index contributed by atoms with van der Waals surface area (Å²) in [4.78, 5) is 14.7. The molecule has 26 heavy (non-hydrogen) atoms. The van der Waals surface area contributed by atoms with Crippen molar-refractivity contribution >= 4 is 5.97 Å². The maximum atomic E-state index is 12.3. The molecule has 0 aliphatic heterocycles. The van der Waals surface area contributed by atoms with Crippen LogP contribution in [0.1, 0.15) is 58.2 Å². The topological polar surface area (TPSA) is 29.5 Å². The minimum atomic E-state index is -0.452. The standard InChI is InChI=1S/C23H31NO2/c1-18(16-22(25)26-23(3,4)5)24(17-20-12-8-6-9-13-20)19(2)21-14-10-7-11-15-21/h6-15,18-19H,16-17H2,1-5H3/t18?,19-/m1/s1. The van der Waals surface area contributed by atoms with Crippen LogP contribution in [0, 0.1) is 0 Å². The van der Waals surface area contributed by atoms with Gasteiger partial charge in [0.1, 0.15) is 5.60 Å². The highest BCUT2D eigenvalue weighted by Gasteiger charge is 2.26. The molecule has 1 unspecified atom stereocenters. The summed E-state index contributed by atoms with van der Waals surface area (Å²) >= 11 is 0. The van der Waals surface area contributed by atoms with Crippen LogP contribution in [0.15, 0.2) is 60.7 Å². The largest absolute Gasteiger partial charge is 0.460 e. The molecule has 0 amide bonds. The summed E-state index contributed by atoms with van der Waals surface area (Å²) in [6.45, 7) is 10.8. The molecule has 140 valence electrons. The molecule has 0 radical (unpaired) electrons. The van der Waals surface area contributed by atoms with Gasteiger partial charge < -0.3 is 4.74 Å². The molecule has 3 heteroatoms. The monoisotopic (exact) mass is 353 g/mol. The zero-order chi connectivity index (χ0) is 19.2. The summed E-state index contributed by atoms with van der Waals surface area (Å²) in [5.41, 5.74) is 2.04. The molecule has 0 spiro atoms. The summed E-state index contributed by atoms with van der Waals surface area (Å²) in [6.07, 6.45) is 0.376. The number of carbonyl (C=O) groups is 1. The van der Waals surface area contributed by atoms with Gasteiger partial charge in [0.15, 0.2) is 0 Å². The molecule has 0 bridgehead atoms. The lowest BCUT2D eigenvalue weighted by Crippen LogP contribution is -2.38. The molecule has 0 heterocycles. The van der Waals surface area contributed by atoms with Gasteiger partial charge in [-0.2, -0.15) is 0 Å². The molecule has 0 saturated heterocycles. The molecule has 0 aromatic heterocycles. The van der Waals surface area contributed by atoms with Gasteiger partial charge in [0.05, 0.1) is 6.42 Å². The molecule has 2 aromatic carbocycles. The van der Waals surface area contributed by atoms with Crippen molar-refractivity contribution in [1.82, 2.24) is 4.90 Å². The van der Waals surface area contributed by atoms with Crippen molar-refractivity contribution in [2.45, 2.75) is 65.3 Å². The molecular formula is C23H31NO2. The summed E-state index contributed by atoms with van der Waals surface area (Å²) in [6, 6.07) is 21.1. The van der Waals surface area contributed by atoms with Gasteiger partial charge in [-0.25, -0.2) is 0 Å². The third-order valence-corrected chi connectivity index (χ3v) is 4.44. The van der Waals surface area contributed by atoms with Crippen LogP contribution in [0.3, 0.4) is 0 Å². The van der Waals surface area contributed by atoms with Crippen molar-refractivity contribution in [1.29, 1.82) is 0 Å². The maximum absolute atomic E-state index is 12.3. The van der Waals surface area contributed by atoms with E-state index in [4.69, 9.17) is 4.74 Å². The van der Waals surface area contributed by atoms with Crippen LogP contribution in [0.25, 0.3) is 0 Å². The second-order valence-electron chi connectivity index (χ2n) is 7.88. The summed E-state index contributed by atoms with van der Waals surface area (Å²) in [7, 11) is 0. The predicted octanol–water partition coefficient (Wildman–Crippen LogP) is 5.37. The fourth-order valence-electron chi connectivity index (χ4n) is 3.13. The molecule has 2 rings (SSSR count). The van der Waals surface area contributed by atoms with E-state index in [1.54, 1.807) is 0 Å². The maximum Gasteiger partial charge on any atom is 0.307 e. The van der Waals surface area contributed by atoms with Gasteiger partial charge in [0.25, 0.3) is 0 Å². The van der Waals surface area contributed by atoms with Gasteiger partial charge in [-0.15, -0.1) is 0 Å². The summed E-state index contributed by atoms with van der Waals surface area (Å²) in [5.74, 6) is -0.150. The lowest BCUT2D eigenvalue weighted by molar-refractivity contribution is -0.156. The number of ether oxygens (including phenoxy) is 1. The zero-order valence-electron chi connectivity index (χ0n) is 16.6. The van der Waals surface area contributed by atoms with E-state index in [2.05, 4.69) is 67.3 Å². The van der Waals surface area contributed by atoms with Gasteiger partial charge in [-0.1, -0.05) is 60.7 Å². The minimum Gasteiger partial charge on any atom is -0.460 e. The molecule has 2 aromatic rings. The highest BCUT2D eigenvalue weighted by Crippen LogP contribution is 2.26. The Bertz CT molecular complexity index is 676. The lowest BCUT2D eigenvalue weighted by atomic mass is 10.0. The van der Waals surface area contributed by atoms with E-state index in [1.165, 1.54) is 11.1 Å². The Labute approximate surface area is 158 Å². The van der Waals surface area contributed by atoms with E-state index in [0.29, 0.717) is 6.42 Å². The average molecular weight is 354 g/mol. The predicted molar refractivity (Wildman–Crippen MR) is 107 cm³/mol. The zero-order valence-corrected chi connectivity index (χ0v) is 16.6. The SMILES string of the molecule is CC(CC(=O)OC(C)(C)C)N(Cc1ccccc1)[C@H](C)c1ccccc1. The Hall–Kier alpha value is -2.13. The summed E-state index contributed by atoms with van der Waals surface area (Å²) in [5, 5.41) is 0. The van der Waals surface area contributed by atoms with Crippen LogP contribution in [0.2, 0.25) is 0 Å². The van der Waals surface area contributed by atoms with Crippen LogP contribution >= 0.6 is 0 Å². The van der Waals surface area contributed by atoms with E-state index >= 15 is 0 Å². The minimum absolute atomic E-state index is 0.0697. The van der Waals surface area contributed by atoms with Crippen LogP contribution in [-0.2, 0) is 16.1 Å². The fourth-order valence-corrected chi connectivity index (χ4v) is 3.13. The third-order valence-electron chi connectivity index (χ3n) is 4.44. The molecular weight excluding hydrogens is 322 g/mol. The Kier molecular flexibility index (Phi) is 6.98. The van der Waals surface area contributed by atoms with E-state index in [-0.39, 0.29) is 18.1 Å². The smallest absolute Gasteiger partial charge is 0.307 e. The second kappa shape index (κ2) is 9.00. The van der Waals surface area contributed by atoms with E-state index in [9.17, 15) is 4.79 Å². The van der Waals surface area contributed by atoms with Crippen molar-refractivity contribution < 1.29 is 9.53 Å². The van der Waals surface area contributed by atoms with Crippen molar-refractivity contribution in [3.63, 3.8) is 0 Å². The summed E-state index contributed by atoms with van der Waals surface area (Å²) < 4.78 is 5.53. The van der Waals surface area contributed by atoms with Crippen molar-refractivity contribution in [3.8, 4) is 0 Å². The van der Waals surface area contributed by atoms with Crippen LogP contribution in [0.5, 0.6) is 0 Å². The number of hydrogen-bond donors (Lipinski definition) is 0. The number of esters is 1. The normalized spacial score (nSPS) is 14.1. The molecule has 0 N–H and O–H groups in total. The Morgan fingerprint density at radius 3 is 2.04 bits per heavy atom. The first-order chi connectivity index (χ1) is 12.3. The number of rotatable bonds is 7. The Morgan fingerprint density at radius 2 is 1.50 bits per heavy atom. The van der Waals surface area contributed by atoms with Gasteiger partial charge in [0.2, 0.25) is 0 Å². The van der Waals surface area contributed by atoms with Crippen molar-refractivity contribution in [2.75, 3.05) is 0 Å². The quantitative estimate of drug-likeness (QED) is 0.627. The van der Waals surface area contributed by atoms with Gasteiger partial charge in [0, 0.05) is 18.6 Å². The molecule has 2 atom stereocenters. The van der Waals surface area contributed by atoms with Crippen LogP contribution in [0.4, 0.5) is 0 Å². The average Bonchev–Trinajstić information content (AvgIpc) is 2.59. The Morgan fingerprint density at radius 1 is 0.962 bits per heavy atom. The van der Waals surface area contributed by atoms with E-state index in [0.717, 1.165) is 6.54 Å². The molecule has 0 aliphatic rings. The second-order valence-corrected chi connectivity index (χ2v) is 7.88. The first kappa shape index (κ1) is 20.2. The third kappa shape index (κ3) is 6.30. The van der Waals surface area contributed by atoms with Crippen LogP contribution < -0.4 is 0 Å². The number of carbonyl (C=O) groups excluding carboxylic acids is 1. The van der Waals surface area contributed by atoms with Crippen molar-refractivity contribution in [2.24, 2.45) is 0 Å². The Balaban J connectivity index is 2.17. The first-order valence-corrected chi connectivity index (χ1v) is 9.33. The van der Waals surface area contributed by atoms with E-state index < -0.39 is 5.60 Å². The van der Waals surface area contributed by atoms with Gasteiger partial charge in [-0.3, -0.25) is 9.69 Å². The van der Waals surface area contributed by atoms with Gasteiger partial charge >= 0.3 is 5.97 Å². The number of benzene rings is 2. The highest BCUT2D eigenvalue weighted by atomic mass is 16.6. The molecule has 0 aliphatic carbocycles. The van der Waals surface area contributed by atoms with Crippen LogP contribution in [-0.4, -0.2) is 22.5 Å². The lowest BCUT2D eigenvalue weighted by Gasteiger charge is -2.35. The fraction of sp³-hybridized carbons (Fsp3) is 0.435. The number of nitrogens with zero attached hydrogens (tertiary/aromatic N) is 1. The van der Waals surface area contributed by atoms with Gasteiger partial charge in [-0.05, 0) is 45.7 Å².